The van der Waals surface area contributed by atoms with Crippen LogP contribution in [0.1, 0.15) is 45.6 Å². The molecule has 3 heterocycles. The zero-order valence-electron chi connectivity index (χ0n) is 25.1. The zero-order chi connectivity index (χ0) is 30.5. The lowest BCUT2D eigenvalue weighted by Gasteiger charge is -2.09. The smallest absolute Gasteiger partial charge is 0.291 e. The van der Waals surface area contributed by atoms with E-state index in [1.165, 1.54) is 15.9 Å². The molecule has 6 rings (SSSR count). The molecule has 0 atom stereocenters. The van der Waals surface area contributed by atoms with Crippen molar-refractivity contribution >= 4 is 22.4 Å². The Bertz CT molecular complexity index is 1940. The molecule has 0 fully saturated rings. The standard InChI is InChI=1S/C35H35N5O3S/c1-4-5-9-20-42-29-18-14-26(15-19-29)33-36-35-40(38-33)34(41)31(44-35)21-27-22-39(28-10-7-6-8-11-28)37-32(27)25-12-16-30(17-13-25)43-23-24(2)3/h6-8,10-19,21-22,24H,4-5,9,20,23H2,1-3H3. The summed E-state index contributed by atoms with van der Waals surface area (Å²) in [6, 6.07) is 25.5. The number of ether oxygens (including phenoxy) is 2. The van der Waals surface area contributed by atoms with Crippen molar-refractivity contribution in [1.29, 1.82) is 0 Å². The van der Waals surface area contributed by atoms with Crippen LogP contribution in [0.25, 0.3) is 39.4 Å². The number of unbranched alkanes of at least 4 members (excludes halogenated alkanes) is 2. The predicted octanol–water partition coefficient (Wildman–Crippen LogP) is 6.82. The van der Waals surface area contributed by atoms with Gasteiger partial charge in [0.15, 0.2) is 5.82 Å². The highest BCUT2D eigenvalue weighted by Gasteiger charge is 2.15. The van der Waals surface area contributed by atoms with Crippen LogP contribution in [0, 0.1) is 5.92 Å². The molecule has 0 N–H and O–H groups in total. The number of fused-ring (bicyclic) bond motifs is 1. The number of rotatable bonds is 12. The third-order valence-electron chi connectivity index (χ3n) is 7.07. The highest BCUT2D eigenvalue weighted by Crippen LogP contribution is 2.27. The van der Waals surface area contributed by atoms with E-state index in [0.717, 1.165) is 58.8 Å². The van der Waals surface area contributed by atoms with Gasteiger partial charge in [-0.1, -0.05) is 63.1 Å². The van der Waals surface area contributed by atoms with Gasteiger partial charge in [-0.05, 0) is 79.1 Å². The Labute approximate surface area is 260 Å². The van der Waals surface area contributed by atoms with Crippen LogP contribution in [0.15, 0.2) is 89.9 Å². The average molecular weight is 606 g/mol. The number of hydrogen-bond acceptors (Lipinski definition) is 7. The van der Waals surface area contributed by atoms with Crippen LogP contribution in [0.3, 0.4) is 0 Å². The van der Waals surface area contributed by atoms with Gasteiger partial charge in [-0.25, -0.2) is 4.68 Å². The van der Waals surface area contributed by atoms with E-state index in [1.54, 1.807) is 0 Å². The summed E-state index contributed by atoms with van der Waals surface area (Å²) in [6.07, 6.45) is 7.17. The largest absolute Gasteiger partial charge is 0.494 e. The Morgan fingerprint density at radius 1 is 0.864 bits per heavy atom. The predicted molar refractivity (Wildman–Crippen MR) is 176 cm³/mol. The number of benzene rings is 3. The number of hydrogen-bond donors (Lipinski definition) is 0. The Hall–Kier alpha value is -4.76. The Kier molecular flexibility index (Phi) is 8.84. The molecule has 0 bridgehead atoms. The molecule has 0 aliphatic carbocycles. The molecule has 0 spiro atoms. The zero-order valence-corrected chi connectivity index (χ0v) is 26.0. The molecular weight excluding hydrogens is 570 g/mol. The third-order valence-corrected chi connectivity index (χ3v) is 8.03. The molecular formula is C35H35N5O3S. The van der Waals surface area contributed by atoms with E-state index in [9.17, 15) is 4.79 Å². The van der Waals surface area contributed by atoms with Gasteiger partial charge in [0, 0.05) is 22.9 Å². The molecule has 3 aromatic heterocycles. The van der Waals surface area contributed by atoms with Crippen molar-refractivity contribution in [2.24, 2.45) is 5.92 Å². The maximum atomic E-state index is 13.5. The van der Waals surface area contributed by atoms with Gasteiger partial charge in [0.1, 0.15) is 17.2 Å². The van der Waals surface area contributed by atoms with Crippen LogP contribution >= 0.6 is 11.3 Å². The molecule has 0 saturated carbocycles. The highest BCUT2D eigenvalue weighted by molar-refractivity contribution is 7.15. The van der Waals surface area contributed by atoms with Crippen LogP contribution in [0.4, 0.5) is 0 Å². The van der Waals surface area contributed by atoms with Gasteiger partial charge < -0.3 is 9.47 Å². The van der Waals surface area contributed by atoms with Gasteiger partial charge >= 0.3 is 0 Å². The first-order valence-electron chi connectivity index (χ1n) is 15.0. The number of para-hydroxylation sites is 1. The third kappa shape index (κ3) is 6.58. The quantitative estimate of drug-likeness (QED) is 0.142. The first kappa shape index (κ1) is 29.3. The van der Waals surface area contributed by atoms with E-state index in [2.05, 4.69) is 30.9 Å². The molecule has 0 aliphatic heterocycles. The van der Waals surface area contributed by atoms with E-state index in [0.29, 0.717) is 34.4 Å². The fraction of sp³-hybridized carbons (Fsp3) is 0.257. The molecule has 0 amide bonds. The maximum absolute atomic E-state index is 13.5. The molecule has 3 aromatic carbocycles. The van der Waals surface area contributed by atoms with E-state index >= 15 is 0 Å². The minimum absolute atomic E-state index is 0.213. The van der Waals surface area contributed by atoms with Crippen LogP contribution in [0.2, 0.25) is 0 Å². The van der Waals surface area contributed by atoms with Crippen molar-refractivity contribution in [3.05, 3.63) is 106 Å². The summed E-state index contributed by atoms with van der Waals surface area (Å²) in [4.78, 5) is 18.7. The highest BCUT2D eigenvalue weighted by atomic mass is 32.1. The minimum Gasteiger partial charge on any atom is -0.494 e. The Balaban J connectivity index is 1.31. The summed E-state index contributed by atoms with van der Waals surface area (Å²) in [5.41, 5.74) is 4.06. The van der Waals surface area contributed by atoms with E-state index in [1.807, 2.05) is 95.8 Å². The summed E-state index contributed by atoms with van der Waals surface area (Å²) in [6.45, 7) is 7.78. The summed E-state index contributed by atoms with van der Waals surface area (Å²) in [5.74, 6) is 2.58. The van der Waals surface area contributed by atoms with Crippen LogP contribution in [-0.2, 0) is 0 Å². The lowest BCUT2D eigenvalue weighted by Crippen LogP contribution is -2.23. The van der Waals surface area contributed by atoms with Gasteiger partial charge in [-0.15, -0.1) is 5.10 Å². The Morgan fingerprint density at radius 3 is 2.25 bits per heavy atom. The maximum Gasteiger partial charge on any atom is 0.291 e. The topological polar surface area (TPSA) is 83.5 Å². The van der Waals surface area contributed by atoms with Crippen molar-refractivity contribution in [1.82, 2.24) is 24.4 Å². The van der Waals surface area contributed by atoms with Crippen molar-refractivity contribution < 1.29 is 9.47 Å². The molecule has 44 heavy (non-hydrogen) atoms. The van der Waals surface area contributed by atoms with E-state index < -0.39 is 0 Å². The molecule has 0 saturated heterocycles. The second-order valence-corrected chi connectivity index (χ2v) is 12.1. The molecule has 9 heteroatoms. The molecule has 224 valence electrons. The first-order valence-corrected chi connectivity index (χ1v) is 15.8. The van der Waals surface area contributed by atoms with Gasteiger partial charge in [-0.3, -0.25) is 4.79 Å². The average Bonchev–Trinajstić information content (AvgIpc) is 3.74. The van der Waals surface area contributed by atoms with Crippen LogP contribution < -0.4 is 19.6 Å². The summed E-state index contributed by atoms with van der Waals surface area (Å²) >= 11 is 1.31. The van der Waals surface area contributed by atoms with Crippen molar-refractivity contribution in [3.8, 4) is 39.8 Å². The second-order valence-electron chi connectivity index (χ2n) is 11.1. The van der Waals surface area contributed by atoms with Crippen molar-refractivity contribution in [3.63, 3.8) is 0 Å². The number of aromatic nitrogens is 5. The fourth-order valence-electron chi connectivity index (χ4n) is 4.74. The second kappa shape index (κ2) is 13.3. The van der Waals surface area contributed by atoms with Crippen molar-refractivity contribution in [2.45, 2.75) is 40.0 Å². The fourth-order valence-corrected chi connectivity index (χ4v) is 5.64. The normalized spacial score (nSPS) is 12.0. The van der Waals surface area contributed by atoms with Gasteiger partial charge in [0.2, 0.25) is 4.96 Å². The molecule has 8 nitrogen and oxygen atoms in total. The van der Waals surface area contributed by atoms with Crippen molar-refractivity contribution in [2.75, 3.05) is 13.2 Å². The van der Waals surface area contributed by atoms with E-state index in [-0.39, 0.29) is 5.56 Å². The monoisotopic (exact) mass is 605 g/mol. The summed E-state index contributed by atoms with van der Waals surface area (Å²) < 4.78 is 15.4. The lowest BCUT2D eigenvalue weighted by atomic mass is 10.1. The van der Waals surface area contributed by atoms with E-state index in [4.69, 9.17) is 14.6 Å². The van der Waals surface area contributed by atoms with Gasteiger partial charge in [0.05, 0.1) is 23.4 Å². The molecule has 0 aliphatic rings. The van der Waals surface area contributed by atoms with Gasteiger partial charge in [0.25, 0.3) is 5.56 Å². The first-order chi connectivity index (χ1) is 21.5. The van der Waals surface area contributed by atoms with Crippen LogP contribution in [0.5, 0.6) is 11.5 Å². The summed E-state index contributed by atoms with van der Waals surface area (Å²) in [7, 11) is 0. The van der Waals surface area contributed by atoms with Crippen LogP contribution in [-0.4, -0.2) is 37.6 Å². The molecule has 0 radical (unpaired) electrons. The lowest BCUT2D eigenvalue weighted by molar-refractivity contribution is 0.271. The number of nitrogens with zero attached hydrogens (tertiary/aromatic N) is 5. The minimum atomic E-state index is -0.213. The Morgan fingerprint density at radius 2 is 1.57 bits per heavy atom. The molecule has 0 unspecified atom stereocenters. The SMILES string of the molecule is CCCCCOc1ccc(-c2nc3sc(=Cc4cn(-c5ccccc5)nc4-c4ccc(OCC(C)C)cc4)c(=O)n3n2)cc1. The molecule has 6 aromatic rings. The number of thiazole rings is 1. The van der Waals surface area contributed by atoms with Gasteiger partial charge in [-0.2, -0.15) is 14.6 Å². The summed E-state index contributed by atoms with van der Waals surface area (Å²) in [5, 5.41) is 9.45.